The molecule has 4 aromatic rings. The number of hydrogen-bond donors (Lipinski definition) is 3. The molecule has 0 aliphatic rings. The van der Waals surface area contributed by atoms with Crippen LogP contribution in [-0.4, -0.2) is 44.8 Å². The van der Waals surface area contributed by atoms with E-state index in [1.54, 1.807) is 6.07 Å². The molecular weight excluding hydrogens is 606 g/mol. The van der Waals surface area contributed by atoms with Crippen LogP contribution in [0.5, 0.6) is 17.2 Å². The number of sulfonamides is 1. The molecule has 4 rings (SSSR count). The molecule has 4 aromatic carbocycles. The molecule has 0 heterocycles. The zero-order valence-electron chi connectivity index (χ0n) is 25.9. The van der Waals surface area contributed by atoms with Gasteiger partial charge < -0.3 is 24.8 Å². The normalized spacial score (nSPS) is 11.0. The molecule has 0 bridgehead atoms. The number of aliphatic carboxylic acids is 1. The highest BCUT2D eigenvalue weighted by Crippen LogP contribution is 2.31. The molecule has 1 amide bonds. The fourth-order valence-electron chi connectivity index (χ4n) is 4.77. The summed E-state index contributed by atoms with van der Waals surface area (Å²) in [5, 5.41) is 10.9. The third-order valence-corrected chi connectivity index (χ3v) is 7.61. The maximum absolute atomic E-state index is 11.9. The predicted octanol–water partition coefficient (Wildman–Crippen LogP) is 6.12. The van der Waals surface area contributed by atoms with Gasteiger partial charge in [0, 0.05) is 25.2 Å². The van der Waals surface area contributed by atoms with Gasteiger partial charge in [0.2, 0.25) is 15.9 Å². The highest BCUT2D eigenvalue weighted by Gasteiger charge is 2.15. The van der Waals surface area contributed by atoms with Gasteiger partial charge in [0.05, 0.1) is 18.6 Å². The number of anilines is 2. The lowest BCUT2D eigenvalue weighted by Crippen LogP contribution is -2.28. The molecule has 3 N–H and O–H groups in total. The Kier molecular flexibility index (Phi) is 12.0. The summed E-state index contributed by atoms with van der Waals surface area (Å²) in [4.78, 5) is 24.3. The molecule has 0 radical (unpaired) electrons. The second-order valence-electron chi connectivity index (χ2n) is 10.9. The highest BCUT2D eigenvalue weighted by molar-refractivity contribution is 7.92. The van der Waals surface area contributed by atoms with Crippen LogP contribution in [0, 0.1) is 6.92 Å². The molecule has 0 spiro atoms. The molecular formula is C35H39N3O7S. The van der Waals surface area contributed by atoms with Crippen molar-refractivity contribution in [1.29, 1.82) is 0 Å². The molecule has 11 heteroatoms. The van der Waals surface area contributed by atoms with E-state index in [1.807, 2.05) is 85.8 Å². The summed E-state index contributed by atoms with van der Waals surface area (Å²) in [7, 11) is -3.42. The maximum Gasteiger partial charge on any atom is 0.322 e. The molecule has 46 heavy (non-hydrogen) atoms. The Labute approximate surface area is 270 Å². The van der Waals surface area contributed by atoms with Crippen LogP contribution in [0.4, 0.5) is 11.4 Å². The van der Waals surface area contributed by atoms with Crippen LogP contribution in [0.1, 0.15) is 36.0 Å². The second kappa shape index (κ2) is 16.3. The first-order valence-electron chi connectivity index (χ1n) is 14.9. The van der Waals surface area contributed by atoms with Gasteiger partial charge in [-0.05, 0) is 85.0 Å². The quantitative estimate of drug-likeness (QED) is 0.117. The van der Waals surface area contributed by atoms with E-state index >= 15 is 0 Å². The predicted molar refractivity (Wildman–Crippen MR) is 179 cm³/mol. The highest BCUT2D eigenvalue weighted by atomic mass is 32.2. The zero-order valence-corrected chi connectivity index (χ0v) is 26.8. The number of carbonyl (C=O) groups is 2. The van der Waals surface area contributed by atoms with Crippen molar-refractivity contribution >= 4 is 33.3 Å². The second-order valence-corrected chi connectivity index (χ2v) is 12.6. The smallest absolute Gasteiger partial charge is 0.322 e. The SMILES string of the molecule is Cc1c(NS(C)(=O)=O)cccc1N(Cc1ccccc1)Cc1ccc(Oc2ccc(OCCCCC(=O)NCC(=O)O)cc2)cc1. The maximum atomic E-state index is 11.9. The Hall–Kier alpha value is -5.03. The van der Waals surface area contributed by atoms with Gasteiger partial charge in [0.1, 0.15) is 23.8 Å². The Balaban J connectivity index is 1.34. The van der Waals surface area contributed by atoms with Crippen LogP contribution >= 0.6 is 0 Å². The van der Waals surface area contributed by atoms with E-state index < -0.39 is 16.0 Å². The van der Waals surface area contributed by atoms with Crippen molar-refractivity contribution in [3.63, 3.8) is 0 Å². The van der Waals surface area contributed by atoms with E-state index in [1.165, 1.54) is 0 Å². The van der Waals surface area contributed by atoms with E-state index in [0.717, 1.165) is 28.6 Å². The lowest BCUT2D eigenvalue weighted by molar-refractivity contribution is -0.137. The number of carboxylic acids is 1. The van der Waals surface area contributed by atoms with Crippen LogP contribution < -0.4 is 24.4 Å². The van der Waals surface area contributed by atoms with Gasteiger partial charge in [0.25, 0.3) is 0 Å². The van der Waals surface area contributed by atoms with Crippen LogP contribution in [0.2, 0.25) is 0 Å². The van der Waals surface area contributed by atoms with Gasteiger partial charge in [0.15, 0.2) is 0 Å². The van der Waals surface area contributed by atoms with E-state index in [-0.39, 0.29) is 18.9 Å². The average molecular weight is 646 g/mol. The van der Waals surface area contributed by atoms with Crippen LogP contribution in [0.25, 0.3) is 0 Å². The number of ether oxygens (including phenoxy) is 2. The number of nitrogens with one attached hydrogen (secondary N) is 2. The first kappa shape index (κ1) is 33.9. The summed E-state index contributed by atoms with van der Waals surface area (Å²) >= 11 is 0. The van der Waals surface area contributed by atoms with E-state index in [0.29, 0.717) is 55.5 Å². The summed E-state index contributed by atoms with van der Waals surface area (Å²) in [6, 6.07) is 30.9. The molecule has 242 valence electrons. The van der Waals surface area contributed by atoms with Crippen LogP contribution in [0.3, 0.4) is 0 Å². The van der Waals surface area contributed by atoms with Crippen molar-refractivity contribution < 1.29 is 32.6 Å². The third-order valence-electron chi connectivity index (χ3n) is 7.02. The Morgan fingerprint density at radius 3 is 2.02 bits per heavy atom. The minimum Gasteiger partial charge on any atom is -0.494 e. The number of nitrogens with zero attached hydrogens (tertiary/aromatic N) is 1. The van der Waals surface area contributed by atoms with Gasteiger partial charge in [-0.15, -0.1) is 0 Å². The molecule has 0 fully saturated rings. The first-order chi connectivity index (χ1) is 22.1. The van der Waals surface area contributed by atoms with E-state index in [9.17, 15) is 18.0 Å². The van der Waals surface area contributed by atoms with Crippen molar-refractivity contribution in [3.05, 3.63) is 114 Å². The van der Waals surface area contributed by atoms with Gasteiger partial charge >= 0.3 is 5.97 Å². The molecule has 10 nitrogen and oxygen atoms in total. The minimum atomic E-state index is -3.42. The summed E-state index contributed by atoms with van der Waals surface area (Å²) in [6.45, 7) is 3.22. The topological polar surface area (TPSA) is 134 Å². The summed E-state index contributed by atoms with van der Waals surface area (Å²) in [6.07, 6.45) is 2.66. The molecule has 0 aliphatic carbocycles. The van der Waals surface area contributed by atoms with Gasteiger partial charge in [-0.2, -0.15) is 0 Å². The van der Waals surface area contributed by atoms with Crippen LogP contribution in [-0.2, 0) is 32.7 Å². The number of amides is 1. The average Bonchev–Trinajstić information content (AvgIpc) is 3.02. The Morgan fingerprint density at radius 2 is 1.39 bits per heavy atom. The summed E-state index contributed by atoms with van der Waals surface area (Å²) < 4.78 is 38.3. The fourth-order valence-corrected chi connectivity index (χ4v) is 5.39. The van der Waals surface area contributed by atoms with Crippen molar-refractivity contribution in [2.45, 2.75) is 39.3 Å². The number of rotatable bonds is 17. The number of unbranched alkanes of at least 4 members (excludes halogenated alkanes) is 1. The number of carbonyl (C=O) groups excluding carboxylic acids is 1. The van der Waals surface area contributed by atoms with Gasteiger partial charge in [-0.25, -0.2) is 8.42 Å². The molecule has 0 saturated heterocycles. The standard InChI is InChI=1S/C35H39N3O7S/c1-26-32(37-46(2,42)43)11-8-12-33(26)38(24-27-9-4-3-5-10-27)25-28-14-16-30(17-15-28)45-31-20-18-29(19-21-31)44-22-7-6-13-34(39)36-23-35(40)41/h3-5,8-12,14-21,37H,6-7,13,22-25H2,1-2H3,(H,36,39)(H,40,41). The summed E-state index contributed by atoms with van der Waals surface area (Å²) in [5.74, 6) is 0.674. The van der Waals surface area contributed by atoms with Gasteiger partial charge in [-0.3, -0.25) is 14.3 Å². The Morgan fingerprint density at radius 1 is 0.783 bits per heavy atom. The summed E-state index contributed by atoms with van der Waals surface area (Å²) in [5.41, 5.74) is 4.53. The van der Waals surface area contributed by atoms with Crippen molar-refractivity contribution in [2.75, 3.05) is 29.0 Å². The molecule has 0 aromatic heterocycles. The van der Waals surface area contributed by atoms with Crippen molar-refractivity contribution in [1.82, 2.24) is 5.32 Å². The number of carboxylic acid groups (broad SMARTS) is 1. The molecule has 0 unspecified atom stereocenters. The van der Waals surface area contributed by atoms with Crippen molar-refractivity contribution in [3.8, 4) is 17.2 Å². The van der Waals surface area contributed by atoms with Gasteiger partial charge in [-0.1, -0.05) is 48.5 Å². The van der Waals surface area contributed by atoms with E-state index in [2.05, 4.69) is 27.1 Å². The lowest BCUT2D eigenvalue weighted by Gasteiger charge is -2.28. The zero-order chi connectivity index (χ0) is 32.9. The fraction of sp³-hybridized carbons (Fsp3) is 0.257. The molecule has 0 saturated carbocycles. The number of hydrogen-bond acceptors (Lipinski definition) is 7. The number of benzene rings is 4. The molecule has 0 aliphatic heterocycles. The third kappa shape index (κ3) is 11.2. The largest absolute Gasteiger partial charge is 0.494 e. The monoisotopic (exact) mass is 645 g/mol. The van der Waals surface area contributed by atoms with Crippen molar-refractivity contribution in [2.24, 2.45) is 0 Å². The molecule has 0 atom stereocenters. The van der Waals surface area contributed by atoms with E-state index in [4.69, 9.17) is 14.6 Å². The minimum absolute atomic E-state index is 0.253. The van der Waals surface area contributed by atoms with Crippen LogP contribution in [0.15, 0.2) is 97.1 Å². The lowest BCUT2D eigenvalue weighted by atomic mass is 10.1. The first-order valence-corrected chi connectivity index (χ1v) is 16.8. The Bertz CT molecular complexity index is 1690.